The van der Waals surface area contributed by atoms with E-state index in [1.54, 1.807) is 6.20 Å². The molecule has 1 N–H and O–H groups in total. The van der Waals surface area contributed by atoms with E-state index in [9.17, 15) is 4.79 Å². The standard InChI is InChI=1S/C26H29N3O3/c30-25(15-21-6-3-5-20-7-4-12-27-26(20)21)28-16-19-10-13-29(14-11-19)17-22-18-31-23-8-1-2-9-24(23)32-22/h1-9,12,19,22H,10-11,13-18H2,(H,28,30). The molecule has 1 saturated heterocycles. The van der Waals surface area contributed by atoms with Crippen LogP contribution in [0.5, 0.6) is 11.5 Å². The quantitative estimate of drug-likeness (QED) is 0.648. The van der Waals surface area contributed by atoms with Crippen molar-refractivity contribution in [3.8, 4) is 11.5 Å². The highest BCUT2D eigenvalue weighted by Gasteiger charge is 2.26. The second-order valence-electron chi connectivity index (χ2n) is 8.71. The van der Waals surface area contributed by atoms with Gasteiger partial charge in [0, 0.05) is 24.7 Å². The summed E-state index contributed by atoms with van der Waals surface area (Å²) in [5.74, 6) is 2.25. The van der Waals surface area contributed by atoms with Gasteiger partial charge < -0.3 is 14.8 Å². The first-order valence-electron chi connectivity index (χ1n) is 11.4. The molecule has 1 amide bonds. The summed E-state index contributed by atoms with van der Waals surface area (Å²) in [5.41, 5.74) is 1.89. The van der Waals surface area contributed by atoms with E-state index in [-0.39, 0.29) is 12.0 Å². The number of piperidine rings is 1. The number of para-hydroxylation sites is 3. The highest BCUT2D eigenvalue weighted by Crippen LogP contribution is 2.31. The van der Waals surface area contributed by atoms with Crippen LogP contribution in [0.25, 0.3) is 10.9 Å². The van der Waals surface area contributed by atoms with E-state index < -0.39 is 0 Å². The summed E-state index contributed by atoms with van der Waals surface area (Å²) in [4.78, 5) is 19.4. The lowest BCUT2D eigenvalue weighted by molar-refractivity contribution is -0.120. The topological polar surface area (TPSA) is 63.7 Å². The summed E-state index contributed by atoms with van der Waals surface area (Å²) in [6.07, 6.45) is 4.38. The van der Waals surface area contributed by atoms with Gasteiger partial charge in [0.05, 0.1) is 11.9 Å². The largest absolute Gasteiger partial charge is 0.486 e. The Labute approximate surface area is 188 Å². The zero-order valence-electron chi connectivity index (χ0n) is 18.2. The van der Waals surface area contributed by atoms with Gasteiger partial charge in [0.2, 0.25) is 5.91 Å². The minimum atomic E-state index is 0.0652. The Morgan fingerprint density at radius 2 is 1.84 bits per heavy atom. The van der Waals surface area contributed by atoms with Crippen LogP contribution in [0.2, 0.25) is 0 Å². The van der Waals surface area contributed by atoms with Gasteiger partial charge in [0.25, 0.3) is 0 Å². The van der Waals surface area contributed by atoms with E-state index >= 15 is 0 Å². The fourth-order valence-electron chi connectivity index (χ4n) is 4.62. The molecule has 1 fully saturated rings. The predicted molar refractivity (Wildman–Crippen MR) is 124 cm³/mol. The van der Waals surface area contributed by atoms with Crippen LogP contribution in [-0.4, -0.2) is 54.7 Å². The average Bonchev–Trinajstić information content (AvgIpc) is 2.84. The zero-order chi connectivity index (χ0) is 21.8. The third-order valence-electron chi connectivity index (χ3n) is 6.39. The lowest BCUT2D eigenvalue weighted by atomic mass is 9.96. The van der Waals surface area contributed by atoms with E-state index in [0.29, 0.717) is 18.9 Å². The van der Waals surface area contributed by atoms with Crippen LogP contribution in [0, 0.1) is 5.92 Å². The molecular formula is C26H29N3O3. The molecule has 2 aliphatic rings. The fraction of sp³-hybridized carbons (Fsp3) is 0.385. The van der Waals surface area contributed by atoms with Gasteiger partial charge in [-0.1, -0.05) is 36.4 Å². The molecule has 166 valence electrons. The molecule has 0 spiro atoms. The zero-order valence-corrected chi connectivity index (χ0v) is 18.2. The second-order valence-corrected chi connectivity index (χ2v) is 8.71. The van der Waals surface area contributed by atoms with Crippen LogP contribution in [0.3, 0.4) is 0 Å². The Morgan fingerprint density at radius 3 is 2.72 bits per heavy atom. The summed E-state index contributed by atoms with van der Waals surface area (Å²) < 4.78 is 11.9. The number of nitrogens with one attached hydrogen (secondary N) is 1. The maximum absolute atomic E-state index is 12.5. The summed E-state index contributed by atoms with van der Waals surface area (Å²) >= 11 is 0. The summed E-state index contributed by atoms with van der Waals surface area (Å²) in [5, 5.41) is 4.21. The van der Waals surface area contributed by atoms with Crippen molar-refractivity contribution in [2.45, 2.75) is 25.4 Å². The molecule has 2 aromatic carbocycles. The maximum atomic E-state index is 12.5. The van der Waals surface area contributed by atoms with Gasteiger partial charge in [-0.3, -0.25) is 14.7 Å². The highest BCUT2D eigenvalue weighted by atomic mass is 16.6. The number of amides is 1. The van der Waals surface area contributed by atoms with Gasteiger partial charge in [-0.15, -0.1) is 0 Å². The monoisotopic (exact) mass is 431 g/mol. The van der Waals surface area contributed by atoms with E-state index in [1.807, 2.05) is 54.6 Å². The van der Waals surface area contributed by atoms with Crippen LogP contribution in [0.1, 0.15) is 18.4 Å². The first-order chi connectivity index (χ1) is 15.7. The van der Waals surface area contributed by atoms with Gasteiger partial charge in [-0.05, 0) is 55.6 Å². The Morgan fingerprint density at radius 1 is 1.03 bits per heavy atom. The number of fused-ring (bicyclic) bond motifs is 2. The summed E-state index contributed by atoms with van der Waals surface area (Å²) in [6, 6.07) is 17.8. The molecule has 0 bridgehead atoms. The Hall–Kier alpha value is -3.12. The fourth-order valence-corrected chi connectivity index (χ4v) is 4.62. The normalized spacial score (nSPS) is 19.1. The Balaban J connectivity index is 1.05. The minimum absolute atomic E-state index is 0.0652. The van der Waals surface area contributed by atoms with Gasteiger partial charge in [0.1, 0.15) is 12.7 Å². The molecule has 1 atom stereocenters. The second kappa shape index (κ2) is 9.57. The highest BCUT2D eigenvalue weighted by molar-refractivity contribution is 5.87. The smallest absolute Gasteiger partial charge is 0.224 e. The lowest BCUT2D eigenvalue weighted by Crippen LogP contribution is -2.45. The van der Waals surface area contributed by atoms with Crippen LogP contribution in [-0.2, 0) is 11.2 Å². The molecule has 0 aliphatic carbocycles. The first-order valence-corrected chi connectivity index (χ1v) is 11.4. The number of hydrogen-bond acceptors (Lipinski definition) is 5. The van der Waals surface area contributed by atoms with Gasteiger partial charge >= 0.3 is 0 Å². The van der Waals surface area contributed by atoms with Crippen molar-refractivity contribution < 1.29 is 14.3 Å². The number of rotatable bonds is 6. The summed E-state index contributed by atoms with van der Waals surface area (Å²) in [7, 11) is 0. The molecule has 0 radical (unpaired) electrons. The van der Waals surface area contributed by atoms with Crippen LogP contribution >= 0.6 is 0 Å². The van der Waals surface area contributed by atoms with Gasteiger partial charge in [-0.2, -0.15) is 0 Å². The SMILES string of the molecule is O=C(Cc1cccc2cccnc12)NCC1CCN(CC2COc3ccccc3O2)CC1. The average molecular weight is 432 g/mol. The third-order valence-corrected chi connectivity index (χ3v) is 6.39. The molecule has 2 aliphatic heterocycles. The van der Waals surface area contributed by atoms with E-state index in [1.165, 1.54) is 0 Å². The Kier molecular flexibility index (Phi) is 6.21. The van der Waals surface area contributed by atoms with Crippen molar-refractivity contribution in [3.05, 3.63) is 66.4 Å². The number of benzene rings is 2. The maximum Gasteiger partial charge on any atom is 0.224 e. The molecule has 1 unspecified atom stereocenters. The number of pyridine rings is 1. The van der Waals surface area contributed by atoms with Gasteiger partial charge in [-0.25, -0.2) is 0 Å². The van der Waals surface area contributed by atoms with Crippen molar-refractivity contribution in [2.24, 2.45) is 5.92 Å². The number of hydrogen-bond donors (Lipinski definition) is 1. The van der Waals surface area contributed by atoms with Crippen molar-refractivity contribution >= 4 is 16.8 Å². The first kappa shape index (κ1) is 20.8. The molecule has 5 rings (SSSR count). The predicted octanol–water partition coefficient (Wildman–Crippen LogP) is 3.45. The molecule has 6 heteroatoms. The van der Waals surface area contributed by atoms with E-state index in [4.69, 9.17) is 9.47 Å². The van der Waals surface area contributed by atoms with E-state index in [2.05, 4.69) is 15.2 Å². The molecule has 32 heavy (non-hydrogen) atoms. The molecule has 3 heterocycles. The number of likely N-dealkylation sites (tertiary alicyclic amines) is 1. The van der Waals surface area contributed by atoms with E-state index in [0.717, 1.165) is 67.0 Å². The van der Waals surface area contributed by atoms with Crippen molar-refractivity contribution in [1.82, 2.24) is 15.2 Å². The summed E-state index contributed by atoms with van der Waals surface area (Å²) in [6.45, 7) is 4.25. The molecule has 6 nitrogen and oxygen atoms in total. The van der Waals surface area contributed by atoms with Crippen LogP contribution < -0.4 is 14.8 Å². The molecule has 0 saturated carbocycles. The van der Waals surface area contributed by atoms with Crippen LogP contribution in [0.15, 0.2) is 60.8 Å². The van der Waals surface area contributed by atoms with Crippen molar-refractivity contribution in [1.29, 1.82) is 0 Å². The Bertz CT molecular complexity index is 1070. The van der Waals surface area contributed by atoms with Gasteiger partial charge in [0.15, 0.2) is 11.5 Å². The van der Waals surface area contributed by atoms with Crippen molar-refractivity contribution in [3.63, 3.8) is 0 Å². The number of carbonyl (C=O) groups is 1. The number of nitrogens with zero attached hydrogens (tertiary/aromatic N) is 2. The third kappa shape index (κ3) is 4.86. The molecule has 3 aromatic rings. The minimum Gasteiger partial charge on any atom is -0.486 e. The van der Waals surface area contributed by atoms with Crippen LogP contribution in [0.4, 0.5) is 0 Å². The van der Waals surface area contributed by atoms with Crippen molar-refractivity contribution in [2.75, 3.05) is 32.8 Å². The number of carbonyl (C=O) groups excluding carboxylic acids is 1. The number of aromatic nitrogens is 1. The molecular weight excluding hydrogens is 402 g/mol. The molecule has 1 aromatic heterocycles. The lowest BCUT2D eigenvalue weighted by Gasteiger charge is -2.35. The number of ether oxygens (including phenoxy) is 2.